The number of aryl methyl sites for hydroxylation is 1. The second-order valence-electron chi connectivity index (χ2n) is 6.38. The monoisotopic (exact) mass is 290 g/mol. The zero-order chi connectivity index (χ0) is 14.7. The zero-order valence-corrected chi connectivity index (χ0v) is 12.9. The Morgan fingerprint density at radius 3 is 3.05 bits per heavy atom. The summed E-state index contributed by atoms with van der Waals surface area (Å²) in [4.78, 5) is 0. The molecule has 1 aliphatic carbocycles. The highest BCUT2D eigenvalue weighted by atomic mass is 16.5. The van der Waals surface area contributed by atoms with Gasteiger partial charge in [-0.15, -0.1) is 0 Å². The van der Waals surface area contributed by atoms with E-state index in [0.29, 0.717) is 12.0 Å². The molecule has 3 rings (SSSR count). The van der Waals surface area contributed by atoms with Crippen molar-refractivity contribution in [1.82, 2.24) is 0 Å². The average Bonchev–Trinajstić information content (AvgIpc) is 2.90. The summed E-state index contributed by atoms with van der Waals surface area (Å²) in [7, 11) is 0. The number of aliphatic hydroxyl groups is 1. The SMILES string of the molecule is CCOC1CC(CC(O)CCc2ccc3c(c2)CCO3)C1. The van der Waals surface area contributed by atoms with Gasteiger partial charge in [-0.3, -0.25) is 0 Å². The molecule has 1 aromatic rings. The molecule has 1 unspecified atom stereocenters. The molecular weight excluding hydrogens is 264 g/mol. The van der Waals surface area contributed by atoms with E-state index in [9.17, 15) is 5.11 Å². The van der Waals surface area contributed by atoms with Gasteiger partial charge in [0.05, 0.1) is 18.8 Å². The van der Waals surface area contributed by atoms with Crippen LogP contribution in [0.15, 0.2) is 18.2 Å². The van der Waals surface area contributed by atoms with Crippen molar-refractivity contribution < 1.29 is 14.6 Å². The normalized spacial score (nSPS) is 25.0. The van der Waals surface area contributed by atoms with Gasteiger partial charge in [0.15, 0.2) is 0 Å². The van der Waals surface area contributed by atoms with Gasteiger partial charge in [0, 0.05) is 13.0 Å². The van der Waals surface area contributed by atoms with Gasteiger partial charge in [0.1, 0.15) is 5.75 Å². The summed E-state index contributed by atoms with van der Waals surface area (Å²) in [5.41, 5.74) is 2.64. The second-order valence-corrected chi connectivity index (χ2v) is 6.38. The first kappa shape index (κ1) is 14.9. The fraction of sp³-hybridized carbons (Fsp3) is 0.667. The lowest BCUT2D eigenvalue weighted by molar-refractivity contribution is -0.0382. The summed E-state index contributed by atoms with van der Waals surface area (Å²) in [6.07, 6.45) is 6.28. The maximum absolute atomic E-state index is 10.2. The topological polar surface area (TPSA) is 38.7 Å². The van der Waals surface area contributed by atoms with Crippen molar-refractivity contribution in [2.45, 2.75) is 57.7 Å². The van der Waals surface area contributed by atoms with Crippen molar-refractivity contribution in [1.29, 1.82) is 0 Å². The molecule has 1 heterocycles. The number of hydrogen-bond donors (Lipinski definition) is 1. The summed E-state index contributed by atoms with van der Waals surface area (Å²) < 4.78 is 11.1. The molecule has 0 radical (unpaired) electrons. The average molecular weight is 290 g/mol. The minimum Gasteiger partial charge on any atom is -0.493 e. The van der Waals surface area contributed by atoms with Crippen molar-refractivity contribution >= 4 is 0 Å². The first-order valence-electron chi connectivity index (χ1n) is 8.29. The third-order valence-electron chi connectivity index (χ3n) is 4.72. The second kappa shape index (κ2) is 6.80. The molecule has 1 aromatic carbocycles. The fourth-order valence-corrected chi connectivity index (χ4v) is 3.47. The van der Waals surface area contributed by atoms with Crippen LogP contribution in [-0.2, 0) is 17.6 Å². The van der Waals surface area contributed by atoms with Gasteiger partial charge >= 0.3 is 0 Å². The number of hydrogen-bond acceptors (Lipinski definition) is 3. The molecule has 116 valence electrons. The quantitative estimate of drug-likeness (QED) is 0.838. The third kappa shape index (κ3) is 3.78. The smallest absolute Gasteiger partial charge is 0.122 e. The van der Waals surface area contributed by atoms with E-state index in [0.717, 1.165) is 57.5 Å². The molecule has 1 aliphatic heterocycles. The molecule has 2 aliphatic rings. The molecule has 0 amide bonds. The molecule has 0 aromatic heterocycles. The van der Waals surface area contributed by atoms with Gasteiger partial charge in [0.2, 0.25) is 0 Å². The Labute approximate surface area is 127 Å². The first-order valence-corrected chi connectivity index (χ1v) is 8.29. The van der Waals surface area contributed by atoms with Crippen LogP contribution >= 0.6 is 0 Å². The molecule has 1 fully saturated rings. The van der Waals surface area contributed by atoms with E-state index in [1.807, 2.05) is 6.92 Å². The molecule has 21 heavy (non-hydrogen) atoms. The van der Waals surface area contributed by atoms with E-state index in [4.69, 9.17) is 9.47 Å². The number of benzene rings is 1. The molecule has 0 bridgehead atoms. The Morgan fingerprint density at radius 2 is 2.24 bits per heavy atom. The lowest BCUT2D eigenvalue weighted by atomic mass is 9.78. The van der Waals surface area contributed by atoms with Gasteiger partial charge in [0.25, 0.3) is 0 Å². The molecule has 1 N–H and O–H groups in total. The van der Waals surface area contributed by atoms with E-state index < -0.39 is 0 Å². The standard InChI is InChI=1S/C18H26O3/c1-2-20-17-11-14(12-17)10-16(19)5-3-13-4-6-18-15(9-13)7-8-21-18/h4,6,9,14,16-17,19H,2-3,5,7-8,10-12H2,1H3. The Morgan fingerprint density at radius 1 is 1.38 bits per heavy atom. The molecule has 0 saturated heterocycles. The first-order chi connectivity index (χ1) is 10.2. The van der Waals surface area contributed by atoms with Crippen LogP contribution in [0.1, 0.15) is 43.7 Å². The van der Waals surface area contributed by atoms with Crippen LogP contribution in [0.2, 0.25) is 0 Å². The Hall–Kier alpha value is -1.06. The minimum absolute atomic E-state index is 0.179. The van der Waals surface area contributed by atoms with E-state index in [2.05, 4.69) is 18.2 Å². The summed E-state index contributed by atoms with van der Waals surface area (Å²) in [5, 5.41) is 10.2. The van der Waals surface area contributed by atoms with Gasteiger partial charge in [-0.25, -0.2) is 0 Å². The molecule has 1 atom stereocenters. The highest BCUT2D eigenvalue weighted by Gasteiger charge is 2.30. The molecule has 3 heteroatoms. The minimum atomic E-state index is -0.179. The van der Waals surface area contributed by atoms with Crippen molar-refractivity contribution in [2.24, 2.45) is 5.92 Å². The fourth-order valence-electron chi connectivity index (χ4n) is 3.47. The van der Waals surface area contributed by atoms with Crippen LogP contribution in [0.3, 0.4) is 0 Å². The van der Waals surface area contributed by atoms with E-state index in [1.54, 1.807) is 0 Å². The van der Waals surface area contributed by atoms with Crippen LogP contribution in [-0.4, -0.2) is 30.5 Å². The third-order valence-corrected chi connectivity index (χ3v) is 4.72. The van der Waals surface area contributed by atoms with E-state index in [1.165, 1.54) is 11.1 Å². The molecular formula is C18H26O3. The lowest BCUT2D eigenvalue weighted by Crippen LogP contribution is -2.33. The predicted octanol–water partition coefficient (Wildman–Crippen LogP) is 3.12. The summed E-state index contributed by atoms with van der Waals surface area (Å²) in [5.74, 6) is 1.70. The number of rotatable bonds is 7. The van der Waals surface area contributed by atoms with Crippen LogP contribution < -0.4 is 4.74 Å². The Balaban J connectivity index is 1.39. The van der Waals surface area contributed by atoms with Crippen LogP contribution in [0, 0.1) is 5.92 Å². The number of fused-ring (bicyclic) bond motifs is 1. The van der Waals surface area contributed by atoms with Crippen molar-refractivity contribution in [3.8, 4) is 5.75 Å². The van der Waals surface area contributed by atoms with Crippen molar-refractivity contribution in [3.63, 3.8) is 0 Å². The maximum Gasteiger partial charge on any atom is 0.122 e. The largest absolute Gasteiger partial charge is 0.493 e. The maximum atomic E-state index is 10.2. The Kier molecular flexibility index (Phi) is 4.81. The van der Waals surface area contributed by atoms with Crippen LogP contribution in [0.5, 0.6) is 5.75 Å². The Bertz CT molecular complexity index is 466. The summed E-state index contributed by atoms with van der Waals surface area (Å²) in [6, 6.07) is 6.44. The zero-order valence-electron chi connectivity index (χ0n) is 12.9. The summed E-state index contributed by atoms with van der Waals surface area (Å²) >= 11 is 0. The van der Waals surface area contributed by atoms with E-state index >= 15 is 0 Å². The van der Waals surface area contributed by atoms with Crippen LogP contribution in [0.25, 0.3) is 0 Å². The molecule has 0 spiro atoms. The van der Waals surface area contributed by atoms with E-state index in [-0.39, 0.29) is 6.10 Å². The molecule has 3 nitrogen and oxygen atoms in total. The van der Waals surface area contributed by atoms with Gasteiger partial charge in [-0.05, 0) is 62.1 Å². The van der Waals surface area contributed by atoms with Gasteiger partial charge in [-0.1, -0.05) is 12.1 Å². The predicted molar refractivity (Wildman–Crippen MR) is 82.7 cm³/mol. The van der Waals surface area contributed by atoms with Crippen molar-refractivity contribution in [2.75, 3.05) is 13.2 Å². The van der Waals surface area contributed by atoms with Gasteiger partial charge in [-0.2, -0.15) is 0 Å². The van der Waals surface area contributed by atoms with Crippen LogP contribution in [0.4, 0.5) is 0 Å². The summed E-state index contributed by atoms with van der Waals surface area (Å²) in [6.45, 7) is 3.66. The van der Waals surface area contributed by atoms with Gasteiger partial charge < -0.3 is 14.6 Å². The molecule has 1 saturated carbocycles. The van der Waals surface area contributed by atoms with Crippen molar-refractivity contribution in [3.05, 3.63) is 29.3 Å². The number of ether oxygens (including phenoxy) is 2. The lowest BCUT2D eigenvalue weighted by Gasteiger charge is -2.36. The highest BCUT2D eigenvalue weighted by Crippen LogP contribution is 2.34. The highest BCUT2D eigenvalue weighted by molar-refractivity contribution is 5.39. The number of aliphatic hydroxyl groups excluding tert-OH is 1.